The van der Waals surface area contributed by atoms with Crippen molar-refractivity contribution in [2.45, 2.75) is 6.92 Å². The Hall–Kier alpha value is -3.07. The van der Waals surface area contributed by atoms with Gasteiger partial charge < -0.3 is 14.3 Å². The molecule has 162 valence electrons. The van der Waals surface area contributed by atoms with Gasteiger partial charge >= 0.3 is 5.97 Å². The summed E-state index contributed by atoms with van der Waals surface area (Å²) >= 11 is 12.8. The van der Waals surface area contributed by atoms with Gasteiger partial charge in [0.2, 0.25) is 0 Å². The molecule has 0 radical (unpaired) electrons. The second kappa shape index (κ2) is 8.82. The maximum atomic E-state index is 13.0. The Morgan fingerprint density at radius 1 is 1.22 bits per heavy atom. The number of halogens is 1. The van der Waals surface area contributed by atoms with Crippen LogP contribution in [-0.2, 0) is 4.79 Å². The van der Waals surface area contributed by atoms with Crippen LogP contribution in [0.1, 0.15) is 21.7 Å². The number of furan rings is 1. The third kappa shape index (κ3) is 4.17. The Kier molecular flexibility index (Phi) is 6.10. The summed E-state index contributed by atoms with van der Waals surface area (Å²) in [5.41, 5.74) is 2.31. The van der Waals surface area contributed by atoms with Crippen molar-refractivity contribution in [1.29, 1.82) is 0 Å². The molecule has 0 spiro atoms. The van der Waals surface area contributed by atoms with Gasteiger partial charge in [-0.1, -0.05) is 41.6 Å². The lowest BCUT2D eigenvalue weighted by Gasteiger charge is -2.15. The maximum Gasteiger partial charge on any atom is 0.335 e. The number of nitrogens with zero attached hydrogens (tertiary/aromatic N) is 1. The van der Waals surface area contributed by atoms with Crippen LogP contribution >= 0.6 is 35.6 Å². The van der Waals surface area contributed by atoms with Gasteiger partial charge in [0.25, 0.3) is 5.91 Å². The molecule has 0 atom stereocenters. The molecule has 9 heteroatoms. The van der Waals surface area contributed by atoms with Gasteiger partial charge in [0.05, 0.1) is 28.3 Å². The number of thiocarbonyl (C=S) groups is 1. The normalized spacial score (nSPS) is 15.0. The summed E-state index contributed by atoms with van der Waals surface area (Å²) in [4.78, 5) is 26.0. The van der Waals surface area contributed by atoms with Gasteiger partial charge in [-0.25, -0.2) is 4.79 Å². The number of rotatable bonds is 5. The molecule has 1 amide bonds. The first-order valence-corrected chi connectivity index (χ1v) is 10.9. The van der Waals surface area contributed by atoms with E-state index in [4.69, 9.17) is 38.1 Å². The Balaban J connectivity index is 1.60. The zero-order chi connectivity index (χ0) is 23.0. The summed E-state index contributed by atoms with van der Waals surface area (Å²) in [5.74, 6) is 0.297. The number of aryl methyl sites for hydroxylation is 1. The Labute approximate surface area is 198 Å². The minimum atomic E-state index is -0.986. The van der Waals surface area contributed by atoms with Gasteiger partial charge in [0.1, 0.15) is 17.3 Å². The zero-order valence-electron chi connectivity index (χ0n) is 16.9. The highest BCUT2D eigenvalue weighted by molar-refractivity contribution is 8.27. The molecule has 0 saturated carbocycles. The van der Waals surface area contributed by atoms with Crippen molar-refractivity contribution < 1.29 is 23.8 Å². The molecule has 1 saturated heterocycles. The zero-order valence-corrected chi connectivity index (χ0v) is 19.3. The number of carboxylic acid groups (broad SMARTS) is 1. The minimum absolute atomic E-state index is 0.209. The molecule has 1 aliphatic heterocycles. The molecular weight excluding hydrogens is 470 g/mol. The summed E-state index contributed by atoms with van der Waals surface area (Å²) in [6.45, 7) is 1.81. The predicted octanol–water partition coefficient (Wildman–Crippen LogP) is 6.02. The molecular formula is C23H16ClNO5S2. The number of ether oxygens (including phenoxy) is 1. The van der Waals surface area contributed by atoms with Crippen LogP contribution in [0.3, 0.4) is 0 Å². The SMILES string of the molecule is COc1ccc(N2C(=O)/C(=C\c3ccc(-c4ccc(C(=O)O)cc4C)o3)SC2=S)cc1Cl. The second-order valence-corrected chi connectivity index (χ2v) is 8.96. The Morgan fingerprint density at radius 3 is 2.66 bits per heavy atom. The topological polar surface area (TPSA) is 80.0 Å². The number of benzene rings is 2. The fourth-order valence-electron chi connectivity index (χ4n) is 3.26. The lowest BCUT2D eigenvalue weighted by molar-refractivity contribution is -0.113. The molecule has 4 rings (SSSR count). The number of carbonyl (C=O) groups is 2. The smallest absolute Gasteiger partial charge is 0.335 e. The van der Waals surface area contributed by atoms with E-state index in [0.717, 1.165) is 11.1 Å². The number of hydrogen-bond donors (Lipinski definition) is 1. The average Bonchev–Trinajstić information content (AvgIpc) is 3.32. The number of thioether (sulfide) groups is 1. The monoisotopic (exact) mass is 485 g/mol. The number of aromatic carboxylic acids is 1. The molecule has 0 bridgehead atoms. The van der Waals surface area contributed by atoms with Gasteiger partial charge in [-0.3, -0.25) is 9.69 Å². The molecule has 2 heterocycles. The predicted molar refractivity (Wildman–Crippen MR) is 129 cm³/mol. The largest absolute Gasteiger partial charge is 0.495 e. The third-order valence-electron chi connectivity index (χ3n) is 4.83. The van der Waals surface area contributed by atoms with E-state index in [-0.39, 0.29) is 11.5 Å². The van der Waals surface area contributed by atoms with Gasteiger partial charge in [-0.05, 0) is 55.0 Å². The summed E-state index contributed by atoms with van der Waals surface area (Å²) < 4.78 is 11.4. The van der Waals surface area contributed by atoms with Crippen molar-refractivity contribution in [2.75, 3.05) is 12.0 Å². The number of hydrogen-bond acceptors (Lipinski definition) is 6. The van der Waals surface area contributed by atoms with E-state index in [9.17, 15) is 9.59 Å². The first-order valence-electron chi connectivity index (χ1n) is 9.34. The van der Waals surface area contributed by atoms with Crippen LogP contribution in [0.25, 0.3) is 17.4 Å². The Morgan fingerprint density at radius 2 is 2.00 bits per heavy atom. The molecule has 1 N–H and O–H groups in total. The van der Waals surface area contributed by atoms with Gasteiger partial charge in [-0.15, -0.1) is 0 Å². The molecule has 1 fully saturated rings. The molecule has 0 unspecified atom stereocenters. The average molecular weight is 486 g/mol. The van der Waals surface area contributed by atoms with Crippen molar-refractivity contribution in [1.82, 2.24) is 0 Å². The van der Waals surface area contributed by atoms with Crippen molar-refractivity contribution in [3.05, 3.63) is 75.3 Å². The molecule has 0 aliphatic carbocycles. The van der Waals surface area contributed by atoms with Crippen molar-refractivity contribution in [2.24, 2.45) is 0 Å². The van der Waals surface area contributed by atoms with Crippen molar-refractivity contribution in [3.63, 3.8) is 0 Å². The van der Waals surface area contributed by atoms with Crippen LogP contribution in [0, 0.1) is 6.92 Å². The standard InChI is InChI=1S/C23H16ClNO5S2/c1-12-9-13(22(27)28)3-6-16(12)18-8-5-15(30-18)11-20-21(26)25(23(31)32-20)14-4-7-19(29-2)17(24)10-14/h3-11H,1-2H3,(H,27,28)/b20-11+. The lowest BCUT2D eigenvalue weighted by Crippen LogP contribution is -2.27. The second-order valence-electron chi connectivity index (χ2n) is 6.87. The molecule has 1 aliphatic rings. The van der Waals surface area contributed by atoms with E-state index in [2.05, 4.69) is 0 Å². The highest BCUT2D eigenvalue weighted by atomic mass is 35.5. The van der Waals surface area contributed by atoms with Crippen LogP contribution in [-0.4, -0.2) is 28.4 Å². The molecule has 32 heavy (non-hydrogen) atoms. The lowest BCUT2D eigenvalue weighted by atomic mass is 10.0. The van der Waals surface area contributed by atoms with Crippen molar-refractivity contribution >= 4 is 63.5 Å². The third-order valence-corrected chi connectivity index (χ3v) is 6.42. The fraction of sp³-hybridized carbons (Fsp3) is 0.0870. The van der Waals surface area contributed by atoms with Gasteiger partial charge in [-0.2, -0.15) is 0 Å². The molecule has 6 nitrogen and oxygen atoms in total. The summed E-state index contributed by atoms with van der Waals surface area (Å²) in [5, 5.41) is 9.51. The van der Waals surface area contributed by atoms with E-state index < -0.39 is 5.97 Å². The van der Waals surface area contributed by atoms with E-state index in [1.54, 1.807) is 48.5 Å². The van der Waals surface area contributed by atoms with Crippen molar-refractivity contribution in [3.8, 4) is 17.1 Å². The number of amides is 1. The molecule has 3 aromatic rings. The van der Waals surface area contributed by atoms with Crippen LogP contribution in [0.2, 0.25) is 5.02 Å². The quantitative estimate of drug-likeness (QED) is 0.349. The minimum Gasteiger partial charge on any atom is -0.495 e. The number of methoxy groups -OCH3 is 1. The Bertz CT molecular complexity index is 1300. The van der Waals surface area contributed by atoms with Crippen LogP contribution in [0.15, 0.2) is 57.9 Å². The first kappa shape index (κ1) is 22.1. The maximum absolute atomic E-state index is 13.0. The fourth-order valence-corrected chi connectivity index (χ4v) is 4.79. The van der Waals surface area contributed by atoms with Gasteiger partial charge in [0.15, 0.2) is 4.32 Å². The molecule has 2 aromatic carbocycles. The molecule has 1 aromatic heterocycles. The van der Waals surface area contributed by atoms with E-state index in [1.165, 1.54) is 29.8 Å². The summed E-state index contributed by atoms with van der Waals surface area (Å²) in [6, 6.07) is 13.4. The number of anilines is 1. The number of carboxylic acids is 1. The van der Waals surface area contributed by atoms with Crippen LogP contribution < -0.4 is 9.64 Å². The number of carbonyl (C=O) groups excluding carboxylic acids is 1. The highest BCUT2D eigenvalue weighted by Crippen LogP contribution is 2.39. The van der Waals surface area contributed by atoms with E-state index in [0.29, 0.717) is 37.2 Å². The summed E-state index contributed by atoms with van der Waals surface area (Å²) in [7, 11) is 1.52. The van der Waals surface area contributed by atoms with Crippen LogP contribution in [0.4, 0.5) is 5.69 Å². The van der Waals surface area contributed by atoms with Crippen LogP contribution in [0.5, 0.6) is 5.75 Å². The van der Waals surface area contributed by atoms with E-state index >= 15 is 0 Å². The van der Waals surface area contributed by atoms with E-state index in [1.807, 2.05) is 6.92 Å². The highest BCUT2D eigenvalue weighted by Gasteiger charge is 2.34. The summed E-state index contributed by atoms with van der Waals surface area (Å²) in [6.07, 6.45) is 1.63. The van der Waals surface area contributed by atoms with Gasteiger partial charge in [0, 0.05) is 11.6 Å². The first-order chi connectivity index (χ1) is 15.3.